The van der Waals surface area contributed by atoms with Crippen LogP contribution in [0.2, 0.25) is 5.02 Å². The zero-order valence-electron chi connectivity index (χ0n) is 13.4. The van der Waals surface area contributed by atoms with Crippen LogP contribution in [0.3, 0.4) is 0 Å². The minimum Gasteiger partial charge on any atom is -0.502 e. The standard InChI is InChI=1S/C17H10ClFN2O5S/c18-12-7-11(19)3-2-10(12)8-20-16(23)15(27-17(20)24)6-9-1-4-14(22)13(5-9)21(25)26/h1-7,22H,8H2/b15-6+. The maximum Gasteiger partial charge on any atom is 0.311 e. The molecule has 0 unspecified atom stereocenters. The summed E-state index contributed by atoms with van der Waals surface area (Å²) < 4.78 is 13.1. The van der Waals surface area contributed by atoms with Crippen molar-refractivity contribution in [1.29, 1.82) is 0 Å². The summed E-state index contributed by atoms with van der Waals surface area (Å²) in [5.41, 5.74) is 0.174. The number of benzene rings is 2. The smallest absolute Gasteiger partial charge is 0.311 e. The van der Waals surface area contributed by atoms with Crippen molar-refractivity contribution in [2.24, 2.45) is 0 Å². The third-order valence-corrected chi connectivity index (χ3v) is 4.97. The van der Waals surface area contributed by atoms with E-state index in [0.717, 1.165) is 23.1 Å². The predicted molar refractivity (Wildman–Crippen MR) is 97.7 cm³/mol. The van der Waals surface area contributed by atoms with Gasteiger partial charge in [0.25, 0.3) is 11.1 Å². The molecule has 0 radical (unpaired) electrons. The molecule has 10 heteroatoms. The van der Waals surface area contributed by atoms with Crippen LogP contribution < -0.4 is 0 Å². The van der Waals surface area contributed by atoms with Gasteiger partial charge in [-0.2, -0.15) is 0 Å². The number of thioether (sulfide) groups is 1. The van der Waals surface area contributed by atoms with E-state index in [-0.39, 0.29) is 22.0 Å². The monoisotopic (exact) mass is 408 g/mol. The van der Waals surface area contributed by atoms with Gasteiger partial charge in [0, 0.05) is 11.1 Å². The number of phenolic OH excluding ortho intramolecular Hbond substituents is 1. The molecule has 2 amide bonds. The summed E-state index contributed by atoms with van der Waals surface area (Å²) >= 11 is 6.61. The van der Waals surface area contributed by atoms with Gasteiger partial charge in [-0.1, -0.05) is 23.7 Å². The molecule has 0 aliphatic carbocycles. The van der Waals surface area contributed by atoms with Crippen molar-refractivity contribution in [1.82, 2.24) is 4.90 Å². The average molecular weight is 409 g/mol. The Morgan fingerprint density at radius 1 is 1.26 bits per heavy atom. The lowest BCUT2D eigenvalue weighted by atomic mass is 10.1. The van der Waals surface area contributed by atoms with E-state index < -0.39 is 33.3 Å². The number of hydrogen-bond acceptors (Lipinski definition) is 6. The van der Waals surface area contributed by atoms with Gasteiger partial charge < -0.3 is 5.11 Å². The van der Waals surface area contributed by atoms with E-state index in [2.05, 4.69) is 0 Å². The number of carbonyl (C=O) groups is 2. The van der Waals surface area contributed by atoms with E-state index in [1.165, 1.54) is 24.3 Å². The van der Waals surface area contributed by atoms with Gasteiger partial charge in [-0.15, -0.1) is 0 Å². The highest BCUT2D eigenvalue weighted by Crippen LogP contribution is 2.35. The number of phenols is 1. The number of nitrogens with zero attached hydrogens (tertiary/aromatic N) is 2. The number of halogens is 2. The number of nitro groups is 1. The number of aromatic hydroxyl groups is 1. The lowest BCUT2D eigenvalue weighted by Gasteiger charge is -2.13. The number of nitro benzene ring substituents is 1. The predicted octanol–water partition coefficient (Wildman–Crippen LogP) is 4.33. The molecule has 2 aromatic carbocycles. The fraction of sp³-hybridized carbons (Fsp3) is 0.0588. The molecule has 0 atom stereocenters. The zero-order chi connectivity index (χ0) is 19.7. The Bertz CT molecular complexity index is 1010. The SMILES string of the molecule is O=C1S/C(=C/c2ccc(O)c([N+](=O)[O-])c2)C(=O)N1Cc1ccc(F)cc1Cl. The van der Waals surface area contributed by atoms with Crippen LogP contribution in [0, 0.1) is 15.9 Å². The van der Waals surface area contributed by atoms with Gasteiger partial charge in [-0.25, -0.2) is 4.39 Å². The molecular formula is C17H10ClFN2O5S. The maximum absolute atomic E-state index is 13.1. The fourth-order valence-corrected chi connectivity index (χ4v) is 3.45. The van der Waals surface area contributed by atoms with E-state index in [4.69, 9.17) is 11.6 Å². The Hall–Kier alpha value is -2.91. The maximum atomic E-state index is 13.1. The number of rotatable bonds is 4. The van der Waals surface area contributed by atoms with Gasteiger partial charge in [0.1, 0.15) is 5.82 Å². The van der Waals surface area contributed by atoms with Gasteiger partial charge >= 0.3 is 5.69 Å². The molecular weight excluding hydrogens is 399 g/mol. The van der Waals surface area contributed by atoms with Crippen LogP contribution in [0.5, 0.6) is 5.75 Å². The van der Waals surface area contributed by atoms with Crippen molar-refractivity contribution in [2.45, 2.75) is 6.54 Å². The largest absolute Gasteiger partial charge is 0.502 e. The molecule has 0 spiro atoms. The molecule has 1 fully saturated rings. The fourth-order valence-electron chi connectivity index (χ4n) is 2.38. The Morgan fingerprint density at radius 3 is 2.67 bits per heavy atom. The van der Waals surface area contributed by atoms with E-state index >= 15 is 0 Å². The second-order valence-electron chi connectivity index (χ2n) is 5.51. The minimum atomic E-state index is -0.755. The highest BCUT2D eigenvalue weighted by molar-refractivity contribution is 8.18. The highest BCUT2D eigenvalue weighted by Gasteiger charge is 2.35. The summed E-state index contributed by atoms with van der Waals surface area (Å²) in [6, 6.07) is 7.25. The van der Waals surface area contributed by atoms with E-state index in [9.17, 15) is 29.2 Å². The van der Waals surface area contributed by atoms with Gasteiger partial charge in [0.2, 0.25) is 0 Å². The number of hydrogen-bond donors (Lipinski definition) is 1. The molecule has 0 bridgehead atoms. The number of carbonyl (C=O) groups excluding carboxylic acids is 2. The Morgan fingerprint density at radius 2 is 2.00 bits per heavy atom. The second kappa shape index (κ2) is 7.37. The summed E-state index contributed by atoms with van der Waals surface area (Å²) in [6.07, 6.45) is 1.32. The van der Waals surface area contributed by atoms with Crippen LogP contribution in [0.15, 0.2) is 41.3 Å². The molecule has 1 N–H and O–H groups in total. The van der Waals surface area contributed by atoms with Crippen LogP contribution in [0.4, 0.5) is 14.9 Å². The molecule has 0 aromatic heterocycles. The quantitative estimate of drug-likeness (QED) is 0.459. The normalized spacial score (nSPS) is 15.6. The summed E-state index contributed by atoms with van der Waals surface area (Å²) in [4.78, 5) is 35.8. The van der Waals surface area contributed by atoms with Crippen LogP contribution in [0.1, 0.15) is 11.1 Å². The van der Waals surface area contributed by atoms with Gasteiger partial charge in [-0.3, -0.25) is 24.6 Å². The summed E-state index contributed by atoms with van der Waals surface area (Å²) in [6.45, 7) is -0.128. The van der Waals surface area contributed by atoms with E-state index in [0.29, 0.717) is 17.3 Å². The Labute approximate surface area is 161 Å². The van der Waals surface area contributed by atoms with Gasteiger partial charge in [0.15, 0.2) is 5.75 Å². The topological polar surface area (TPSA) is 101 Å². The third-order valence-electron chi connectivity index (χ3n) is 3.71. The summed E-state index contributed by atoms with van der Waals surface area (Å²) in [5, 5.41) is 19.9. The Balaban J connectivity index is 1.86. The van der Waals surface area contributed by atoms with Gasteiger partial charge in [-0.05, 0) is 47.2 Å². The first kappa shape index (κ1) is 18.9. The molecule has 7 nitrogen and oxygen atoms in total. The first-order valence-electron chi connectivity index (χ1n) is 7.43. The van der Waals surface area contributed by atoms with Crippen LogP contribution in [-0.2, 0) is 11.3 Å². The van der Waals surface area contributed by atoms with Crippen molar-refractivity contribution in [3.8, 4) is 5.75 Å². The number of imide groups is 1. The summed E-state index contributed by atoms with van der Waals surface area (Å²) in [7, 11) is 0. The van der Waals surface area contributed by atoms with Crippen molar-refractivity contribution in [2.75, 3.05) is 0 Å². The molecule has 138 valence electrons. The third kappa shape index (κ3) is 3.93. The van der Waals surface area contributed by atoms with Crippen LogP contribution in [-0.4, -0.2) is 26.1 Å². The van der Waals surface area contributed by atoms with Crippen LogP contribution >= 0.6 is 23.4 Å². The molecule has 2 aromatic rings. The lowest BCUT2D eigenvalue weighted by molar-refractivity contribution is -0.385. The van der Waals surface area contributed by atoms with Gasteiger partial charge in [0.05, 0.1) is 16.4 Å². The molecule has 1 saturated heterocycles. The Kier molecular flexibility index (Phi) is 5.15. The highest BCUT2D eigenvalue weighted by atomic mass is 35.5. The molecule has 1 heterocycles. The first-order valence-corrected chi connectivity index (χ1v) is 8.62. The molecule has 27 heavy (non-hydrogen) atoms. The van der Waals surface area contributed by atoms with Crippen molar-refractivity contribution in [3.05, 3.63) is 73.4 Å². The van der Waals surface area contributed by atoms with E-state index in [1.807, 2.05) is 0 Å². The van der Waals surface area contributed by atoms with Crippen molar-refractivity contribution >= 4 is 46.3 Å². The summed E-state index contributed by atoms with van der Waals surface area (Å²) in [5.74, 6) is -1.64. The second-order valence-corrected chi connectivity index (χ2v) is 6.91. The van der Waals surface area contributed by atoms with E-state index in [1.54, 1.807) is 0 Å². The van der Waals surface area contributed by atoms with Crippen molar-refractivity contribution in [3.63, 3.8) is 0 Å². The minimum absolute atomic E-state index is 0.0678. The number of amides is 2. The first-order chi connectivity index (χ1) is 12.8. The molecule has 3 rings (SSSR count). The van der Waals surface area contributed by atoms with Crippen LogP contribution in [0.25, 0.3) is 6.08 Å². The molecule has 1 aliphatic rings. The lowest BCUT2D eigenvalue weighted by Crippen LogP contribution is -2.27. The molecule has 1 aliphatic heterocycles. The molecule has 0 saturated carbocycles. The van der Waals surface area contributed by atoms with Crippen molar-refractivity contribution < 1.29 is 24.0 Å². The zero-order valence-corrected chi connectivity index (χ0v) is 15.0. The average Bonchev–Trinajstić information content (AvgIpc) is 2.86.